The number of benzene rings is 1. The van der Waals surface area contributed by atoms with Crippen LogP contribution in [0.2, 0.25) is 5.02 Å². The van der Waals surface area contributed by atoms with Gasteiger partial charge in [-0.15, -0.1) is 0 Å². The lowest BCUT2D eigenvalue weighted by molar-refractivity contribution is 0.354. The Hall–Kier alpha value is -1.02. The molecule has 0 saturated carbocycles. The zero-order valence-electron chi connectivity index (χ0n) is 10.8. The molecule has 0 amide bonds. The lowest BCUT2D eigenvalue weighted by atomic mass is 10.2. The number of primary sulfonamides is 1. The zero-order valence-corrected chi connectivity index (χ0v) is 12.3. The first kappa shape index (κ1) is 16.0. The third-order valence-corrected chi connectivity index (χ3v) is 3.44. The normalized spacial score (nSPS) is 11.4. The van der Waals surface area contributed by atoms with Crippen LogP contribution in [0.4, 0.5) is 0 Å². The van der Waals surface area contributed by atoms with Crippen LogP contribution in [-0.2, 0) is 16.6 Å². The van der Waals surface area contributed by atoms with Crippen LogP contribution in [0.3, 0.4) is 0 Å². The van der Waals surface area contributed by atoms with E-state index in [1.165, 1.54) is 14.2 Å². The lowest BCUT2D eigenvalue weighted by Crippen LogP contribution is -2.26. The van der Waals surface area contributed by atoms with Gasteiger partial charge in [-0.3, -0.25) is 0 Å². The van der Waals surface area contributed by atoms with Gasteiger partial charge < -0.3 is 14.8 Å². The molecule has 0 radical (unpaired) electrons. The van der Waals surface area contributed by atoms with Gasteiger partial charge in [-0.25, -0.2) is 13.6 Å². The highest BCUT2D eigenvalue weighted by Crippen LogP contribution is 2.35. The second-order valence-corrected chi connectivity index (χ2v) is 6.00. The highest BCUT2D eigenvalue weighted by Gasteiger charge is 2.10. The van der Waals surface area contributed by atoms with Crippen molar-refractivity contribution in [2.45, 2.75) is 6.54 Å². The largest absolute Gasteiger partial charge is 0.493 e. The number of nitrogens with one attached hydrogen (secondary N) is 1. The Morgan fingerprint density at radius 1 is 1.32 bits per heavy atom. The van der Waals surface area contributed by atoms with Crippen molar-refractivity contribution in [2.24, 2.45) is 5.14 Å². The summed E-state index contributed by atoms with van der Waals surface area (Å²) in [5.41, 5.74) is 0.858. The maximum absolute atomic E-state index is 10.8. The second-order valence-electron chi connectivity index (χ2n) is 3.86. The van der Waals surface area contributed by atoms with Crippen molar-refractivity contribution < 1.29 is 17.9 Å². The van der Waals surface area contributed by atoms with E-state index in [0.717, 1.165) is 5.56 Å². The van der Waals surface area contributed by atoms with Crippen molar-refractivity contribution >= 4 is 21.6 Å². The molecule has 1 rings (SSSR count). The molecule has 3 N–H and O–H groups in total. The molecule has 19 heavy (non-hydrogen) atoms. The summed E-state index contributed by atoms with van der Waals surface area (Å²) < 4.78 is 31.8. The number of rotatable bonds is 7. The predicted octanol–water partition coefficient (Wildman–Crippen LogP) is 0.735. The lowest BCUT2D eigenvalue weighted by Gasteiger charge is -2.12. The van der Waals surface area contributed by atoms with E-state index in [4.69, 9.17) is 26.2 Å². The summed E-state index contributed by atoms with van der Waals surface area (Å²) >= 11 is 6.05. The fraction of sp³-hybridized carbons (Fsp3) is 0.455. The van der Waals surface area contributed by atoms with Crippen molar-refractivity contribution in [3.63, 3.8) is 0 Å². The molecule has 8 heteroatoms. The van der Waals surface area contributed by atoms with Crippen LogP contribution in [0.15, 0.2) is 12.1 Å². The van der Waals surface area contributed by atoms with E-state index in [1.807, 2.05) is 0 Å². The maximum atomic E-state index is 10.8. The Morgan fingerprint density at radius 2 is 2.00 bits per heavy atom. The summed E-state index contributed by atoms with van der Waals surface area (Å²) in [5.74, 6) is 0.879. The monoisotopic (exact) mass is 308 g/mol. The second kappa shape index (κ2) is 6.95. The summed E-state index contributed by atoms with van der Waals surface area (Å²) in [6.45, 7) is 0.723. The fourth-order valence-electron chi connectivity index (χ4n) is 1.52. The van der Waals surface area contributed by atoms with Crippen LogP contribution in [0, 0.1) is 0 Å². The fourth-order valence-corrected chi connectivity index (χ4v) is 2.26. The van der Waals surface area contributed by atoms with Gasteiger partial charge in [-0.2, -0.15) is 0 Å². The number of halogens is 1. The van der Waals surface area contributed by atoms with Gasteiger partial charge in [0, 0.05) is 13.1 Å². The third kappa shape index (κ3) is 5.23. The average molecular weight is 309 g/mol. The Morgan fingerprint density at radius 3 is 2.53 bits per heavy atom. The predicted molar refractivity (Wildman–Crippen MR) is 74.2 cm³/mol. The van der Waals surface area contributed by atoms with Gasteiger partial charge in [-0.1, -0.05) is 11.6 Å². The Labute approximate surface area is 117 Å². The van der Waals surface area contributed by atoms with E-state index >= 15 is 0 Å². The van der Waals surface area contributed by atoms with Crippen molar-refractivity contribution in [2.75, 3.05) is 26.5 Å². The van der Waals surface area contributed by atoms with E-state index in [9.17, 15) is 8.42 Å². The highest BCUT2D eigenvalue weighted by molar-refractivity contribution is 7.89. The summed E-state index contributed by atoms with van der Waals surface area (Å²) in [4.78, 5) is 0. The van der Waals surface area contributed by atoms with E-state index in [2.05, 4.69) is 5.32 Å². The minimum atomic E-state index is -3.44. The number of nitrogens with two attached hydrogens (primary N) is 1. The molecule has 6 nitrogen and oxygen atoms in total. The van der Waals surface area contributed by atoms with E-state index < -0.39 is 10.0 Å². The molecule has 0 aliphatic rings. The van der Waals surface area contributed by atoms with Crippen LogP contribution < -0.4 is 19.9 Å². The first-order chi connectivity index (χ1) is 8.87. The number of ether oxygens (including phenoxy) is 2. The summed E-state index contributed by atoms with van der Waals surface area (Å²) in [7, 11) is -0.416. The van der Waals surface area contributed by atoms with Gasteiger partial charge in [0.25, 0.3) is 0 Å². The molecule has 0 aromatic heterocycles. The van der Waals surface area contributed by atoms with Gasteiger partial charge in [-0.05, 0) is 17.7 Å². The van der Waals surface area contributed by atoms with Crippen LogP contribution in [0.1, 0.15) is 5.56 Å². The number of methoxy groups -OCH3 is 2. The Bertz CT molecular complexity index is 534. The van der Waals surface area contributed by atoms with E-state index in [0.29, 0.717) is 23.1 Å². The molecule has 0 bridgehead atoms. The number of hydrogen-bond donors (Lipinski definition) is 2. The minimum Gasteiger partial charge on any atom is -0.493 e. The Kier molecular flexibility index (Phi) is 5.86. The molecule has 0 aliphatic carbocycles. The molecule has 0 aliphatic heterocycles. The van der Waals surface area contributed by atoms with E-state index in [-0.39, 0.29) is 12.3 Å². The van der Waals surface area contributed by atoms with Gasteiger partial charge in [0.05, 0.1) is 25.0 Å². The molecule has 0 spiro atoms. The highest BCUT2D eigenvalue weighted by atomic mass is 35.5. The smallest absolute Gasteiger partial charge is 0.210 e. The summed E-state index contributed by atoms with van der Waals surface area (Å²) in [5, 5.41) is 8.29. The minimum absolute atomic E-state index is 0.117. The van der Waals surface area contributed by atoms with Crippen LogP contribution in [0.5, 0.6) is 11.5 Å². The number of sulfonamides is 1. The van der Waals surface area contributed by atoms with E-state index in [1.54, 1.807) is 12.1 Å². The molecule has 0 heterocycles. The molecular weight excluding hydrogens is 292 g/mol. The third-order valence-electron chi connectivity index (χ3n) is 2.39. The SMILES string of the molecule is COc1cc(CNCCS(N)(=O)=O)cc(Cl)c1OC. The van der Waals surface area contributed by atoms with Crippen molar-refractivity contribution in [3.8, 4) is 11.5 Å². The molecule has 1 aromatic rings. The standard InChI is InChI=1S/C11H17ClN2O4S/c1-17-10-6-8(5-9(12)11(10)18-2)7-14-3-4-19(13,15)16/h5-6,14H,3-4,7H2,1-2H3,(H2,13,15,16). The van der Waals surface area contributed by atoms with Gasteiger partial charge in [0.15, 0.2) is 11.5 Å². The van der Waals surface area contributed by atoms with Crippen molar-refractivity contribution in [1.29, 1.82) is 0 Å². The van der Waals surface area contributed by atoms with Crippen LogP contribution in [0.25, 0.3) is 0 Å². The van der Waals surface area contributed by atoms with Crippen LogP contribution >= 0.6 is 11.6 Å². The van der Waals surface area contributed by atoms with Gasteiger partial charge in [0.2, 0.25) is 10.0 Å². The quantitative estimate of drug-likeness (QED) is 0.725. The molecule has 0 unspecified atom stereocenters. The molecular formula is C11H17ClN2O4S. The first-order valence-corrected chi connectivity index (χ1v) is 7.58. The molecule has 0 saturated heterocycles. The molecule has 0 atom stereocenters. The summed E-state index contributed by atoms with van der Waals surface area (Å²) in [6, 6.07) is 3.50. The van der Waals surface area contributed by atoms with Gasteiger partial charge >= 0.3 is 0 Å². The number of hydrogen-bond acceptors (Lipinski definition) is 5. The van der Waals surface area contributed by atoms with Crippen molar-refractivity contribution in [3.05, 3.63) is 22.7 Å². The van der Waals surface area contributed by atoms with Crippen molar-refractivity contribution in [1.82, 2.24) is 5.32 Å². The molecule has 1 aromatic carbocycles. The summed E-state index contributed by atoms with van der Waals surface area (Å²) in [6.07, 6.45) is 0. The Balaban J connectivity index is 2.67. The topological polar surface area (TPSA) is 90.6 Å². The average Bonchev–Trinajstić information content (AvgIpc) is 2.32. The molecule has 0 fully saturated rings. The van der Waals surface area contributed by atoms with Gasteiger partial charge in [0.1, 0.15) is 0 Å². The first-order valence-electron chi connectivity index (χ1n) is 5.49. The molecule has 108 valence electrons. The zero-order chi connectivity index (χ0) is 14.5. The maximum Gasteiger partial charge on any atom is 0.210 e. The van der Waals surface area contributed by atoms with Crippen LogP contribution in [-0.4, -0.2) is 34.9 Å².